The molecule has 0 aliphatic rings. The fourth-order valence-electron chi connectivity index (χ4n) is 2.00. The van der Waals surface area contributed by atoms with Crippen molar-refractivity contribution in [2.24, 2.45) is 0 Å². The number of nitrogens with zero attached hydrogens (tertiary/aromatic N) is 2. The van der Waals surface area contributed by atoms with Crippen molar-refractivity contribution in [3.8, 4) is 0 Å². The largest absolute Gasteiger partial charge is 0.391 e. The van der Waals surface area contributed by atoms with Crippen molar-refractivity contribution in [3.05, 3.63) is 24.0 Å². The number of carbonyl (C=O) groups excluding carboxylic acids is 1. The van der Waals surface area contributed by atoms with E-state index >= 15 is 0 Å². The highest BCUT2D eigenvalue weighted by atomic mass is 16.3. The van der Waals surface area contributed by atoms with Gasteiger partial charge in [0.2, 0.25) is 0 Å². The van der Waals surface area contributed by atoms with Crippen molar-refractivity contribution < 1.29 is 9.90 Å². The van der Waals surface area contributed by atoms with Crippen molar-refractivity contribution in [2.45, 2.75) is 39.7 Å². The Labute approximate surface area is 121 Å². The summed E-state index contributed by atoms with van der Waals surface area (Å²) >= 11 is 0. The van der Waals surface area contributed by atoms with Gasteiger partial charge in [-0.1, -0.05) is 13.3 Å². The van der Waals surface area contributed by atoms with Crippen LogP contribution in [0.15, 0.2) is 18.3 Å². The third kappa shape index (κ3) is 4.81. The van der Waals surface area contributed by atoms with Gasteiger partial charge in [0.25, 0.3) is 5.91 Å². The maximum atomic E-state index is 12.2. The first-order valence-electron chi connectivity index (χ1n) is 7.29. The number of aliphatic hydroxyl groups is 1. The fourth-order valence-corrected chi connectivity index (χ4v) is 2.00. The molecule has 1 aromatic rings. The van der Waals surface area contributed by atoms with Crippen LogP contribution in [0.4, 0.5) is 5.69 Å². The van der Waals surface area contributed by atoms with Gasteiger partial charge in [0.15, 0.2) is 0 Å². The van der Waals surface area contributed by atoms with Crippen molar-refractivity contribution >= 4 is 11.6 Å². The van der Waals surface area contributed by atoms with Crippen LogP contribution < -0.4 is 5.32 Å². The van der Waals surface area contributed by atoms with Gasteiger partial charge in [-0.3, -0.25) is 9.78 Å². The SMILES string of the molecule is CCCC(O)CNc1ccnc(C(=O)N(CC)CC)c1. The molecule has 0 radical (unpaired) electrons. The number of anilines is 1. The Balaban J connectivity index is 2.68. The standard InChI is InChI=1S/C15H25N3O2/c1-4-7-13(19)11-17-12-8-9-16-14(10-12)15(20)18(5-2)6-3/h8-10,13,19H,4-7,11H2,1-3H3,(H,16,17). The molecule has 1 aromatic heterocycles. The van der Waals surface area contributed by atoms with Crippen LogP contribution in [0.25, 0.3) is 0 Å². The number of aromatic nitrogens is 1. The number of carbonyl (C=O) groups is 1. The molecule has 20 heavy (non-hydrogen) atoms. The van der Waals surface area contributed by atoms with Crippen molar-refractivity contribution in [2.75, 3.05) is 25.0 Å². The predicted molar refractivity (Wildman–Crippen MR) is 80.9 cm³/mol. The van der Waals surface area contributed by atoms with E-state index in [2.05, 4.69) is 10.3 Å². The molecule has 0 saturated heterocycles. The smallest absolute Gasteiger partial charge is 0.272 e. The summed E-state index contributed by atoms with van der Waals surface area (Å²) in [7, 11) is 0. The summed E-state index contributed by atoms with van der Waals surface area (Å²) in [4.78, 5) is 18.0. The van der Waals surface area contributed by atoms with Crippen LogP contribution in [-0.4, -0.2) is 46.6 Å². The first kappa shape index (κ1) is 16.4. The average Bonchev–Trinajstić information content (AvgIpc) is 2.47. The summed E-state index contributed by atoms with van der Waals surface area (Å²) in [6.45, 7) is 7.76. The second kappa shape index (κ2) is 8.53. The van der Waals surface area contributed by atoms with E-state index in [4.69, 9.17) is 0 Å². The number of pyridine rings is 1. The van der Waals surface area contributed by atoms with E-state index in [1.54, 1.807) is 23.2 Å². The molecule has 0 aliphatic carbocycles. The van der Waals surface area contributed by atoms with Gasteiger partial charge in [-0.05, 0) is 32.4 Å². The minimum atomic E-state index is -0.366. The highest BCUT2D eigenvalue weighted by Crippen LogP contribution is 2.11. The first-order valence-corrected chi connectivity index (χ1v) is 7.29. The van der Waals surface area contributed by atoms with Crippen LogP contribution in [0, 0.1) is 0 Å². The summed E-state index contributed by atoms with van der Waals surface area (Å²) in [5, 5.41) is 12.8. The number of rotatable bonds is 8. The number of hydrogen-bond acceptors (Lipinski definition) is 4. The topological polar surface area (TPSA) is 65.5 Å². The molecule has 0 saturated carbocycles. The van der Waals surface area contributed by atoms with Gasteiger partial charge in [0.05, 0.1) is 6.10 Å². The molecule has 1 rings (SSSR count). The Bertz CT molecular complexity index is 419. The molecule has 0 aromatic carbocycles. The van der Waals surface area contributed by atoms with Crippen LogP contribution in [0.1, 0.15) is 44.1 Å². The molecule has 5 nitrogen and oxygen atoms in total. The molecule has 1 unspecified atom stereocenters. The van der Waals surface area contributed by atoms with E-state index in [-0.39, 0.29) is 12.0 Å². The first-order chi connectivity index (χ1) is 9.62. The van der Waals surface area contributed by atoms with Gasteiger partial charge in [-0.2, -0.15) is 0 Å². The second-order valence-corrected chi connectivity index (χ2v) is 4.73. The van der Waals surface area contributed by atoms with E-state index in [1.165, 1.54) is 0 Å². The average molecular weight is 279 g/mol. The minimum absolute atomic E-state index is 0.0623. The molecule has 1 heterocycles. The number of amides is 1. The van der Waals surface area contributed by atoms with Crippen LogP contribution in [0.5, 0.6) is 0 Å². The third-order valence-corrected chi connectivity index (χ3v) is 3.19. The molecular formula is C15H25N3O2. The Hall–Kier alpha value is -1.62. The highest BCUT2D eigenvalue weighted by molar-refractivity contribution is 5.93. The molecule has 0 spiro atoms. The zero-order valence-corrected chi connectivity index (χ0v) is 12.6. The van der Waals surface area contributed by atoms with Crippen molar-refractivity contribution in [3.63, 3.8) is 0 Å². The molecule has 1 atom stereocenters. The van der Waals surface area contributed by atoms with Gasteiger partial charge in [0.1, 0.15) is 5.69 Å². The Morgan fingerprint density at radius 3 is 2.70 bits per heavy atom. The van der Waals surface area contributed by atoms with E-state index in [1.807, 2.05) is 20.8 Å². The lowest BCUT2D eigenvalue weighted by Gasteiger charge is -2.18. The lowest BCUT2D eigenvalue weighted by molar-refractivity contribution is 0.0767. The number of hydrogen-bond donors (Lipinski definition) is 2. The Kier molecular flexibility index (Phi) is 7.01. The zero-order chi connectivity index (χ0) is 15.0. The third-order valence-electron chi connectivity index (χ3n) is 3.19. The zero-order valence-electron chi connectivity index (χ0n) is 12.6. The maximum absolute atomic E-state index is 12.2. The highest BCUT2D eigenvalue weighted by Gasteiger charge is 2.14. The van der Waals surface area contributed by atoms with E-state index in [0.29, 0.717) is 25.3 Å². The predicted octanol–water partition coefficient (Wildman–Crippen LogP) is 2.14. The maximum Gasteiger partial charge on any atom is 0.272 e. The number of aliphatic hydroxyl groups excluding tert-OH is 1. The summed E-state index contributed by atoms with van der Waals surface area (Å²) in [6.07, 6.45) is 2.97. The molecule has 1 amide bonds. The molecule has 0 bridgehead atoms. The molecular weight excluding hydrogens is 254 g/mol. The Morgan fingerprint density at radius 1 is 1.40 bits per heavy atom. The van der Waals surface area contributed by atoms with Crippen LogP contribution in [0.3, 0.4) is 0 Å². The summed E-state index contributed by atoms with van der Waals surface area (Å²) in [5.74, 6) is -0.0623. The molecule has 2 N–H and O–H groups in total. The monoisotopic (exact) mass is 279 g/mol. The molecule has 0 aliphatic heterocycles. The van der Waals surface area contributed by atoms with E-state index in [0.717, 1.165) is 18.5 Å². The van der Waals surface area contributed by atoms with Gasteiger partial charge in [-0.25, -0.2) is 0 Å². The molecule has 5 heteroatoms. The van der Waals surface area contributed by atoms with Crippen LogP contribution >= 0.6 is 0 Å². The van der Waals surface area contributed by atoms with Gasteiger partial charge in [0, 0.05) is 31.5 Å². The Morgan fingerprint density at radius 2 is 2.10 bits per heavy atom. The second-order valence-electron chi connectivity index (χ2n) is 4.73. The van der Waals surface area contributed by atoms with Crippen molar-refractivity contribution in [1.82, 2.24) is 9.88 Å². The summed E-state index contributed by atoms with van der Waals surface area (Å²) in [5.41, 5.74) is 1.24. The normalized spacial score (nSPS) is 12.0. The lowest BCUT2D eigenvalue weighted by Crippen LogP contribution is -2.31. The summed E-state index contributed by atoms with van der Waals surface area (Å²) < 4.78 is 0. The lowest BCUT2D eigenvalue weighted by atomic mass is 10.2. The minimum Gasteiger partial charge on any atom is -0.391 e. The van der Waals surface area contributed by atoms with Crippen LogP contribution in [-0.2, 0) is 0 Å². The van der Waals surface area contributed by atoms with Gasteiger partial charge < -0.3 is 15.3 Å². The van der Waals surface area contributed by atoms with Gasteiger partial charge in [-0.15, -0.1) is 0 Å². The van der Waals surface area contributed by atoms with E-state index in [9.17, 15) is 9.90 Å². The van der Waals surface area contributed by atoms with Crippen molar-refractivity contribution in [1.29, 1.82) is 0 Å². The van der Waals surface area contributed by atoms with E-state index < -0.39 is 0 Å². The molecule has 112 valence electrons. The van der Waals surface area contributed by atoms with Crippen LogP contribution in [0.2, 0.25) is 0 Å². The molecule has 0 fully saturated rings. The van der Waals surface area contributed by atoms with Gasteiger partial charge >= 0.3 is 0 Å². The summed E-state index contributed by atoms with van der Waals surface area (Å²) in [6, 6.07) is 3.54. The quantitative estimate of drug-likeness (QED) is 0.765. The fraction of sp³-hybridized carbons (Fsp3) is 0.600. The number of nitrogens with one attached hydrogen (secondary N) is 1.